The summed E-state index contributed by atoms with van der Waals surface area (Å²) in [5, 5.41) is 5.57. The van der Waals surface area contributed by atoms with Crippen LogP contribution in [0.4, 0.5) is 17.1 Å². The zero-order valence-corrected chi connectivity index (χ0v) is 18.4. The van der Waals surface area contributed by atoms with Crippen LogP contribution in [0.3, 0.4) is 0 Å². The van der Waals surface area contributed by atoms with Crippen LogP contribution in [0.15, 0.2) is 78.1 Å². The van der Waals surface area contributed by atoms with Crippen molar-refractivity contribution in [1.82, 2.24) is 4.98 Å². The monoisotopic (exact) mass is 449 g/mol. The van der Waals surface area contributed by atoms with Gasteiger partial charge in [0.25, 0.3) is 0 Å². The highest BCUT2D eigenvalue weighted by Gasteiger charge is 2.32. The Bertz CT molecular complexity index is 1440. The van der Waals surface area contributed by atoms with E-state index in [1.807, 2.05) is 36.4 Å². The van der Waals surface area contributed by atoms with Gasteiger partial charge in [-0.25, -0.2) is 4.98 Å². The lowest BCUT2D eigenvalue weighted by atomic mass is 9.92. The number of hydrogen-bond acceptors (Lipinski definition) is 5. The van der Waals surface area contributed by atoms with Crippen molar-refractivity contribution >= 4 is 40.6 Å². The van der Waals surface area contributed by atoms with Gasteiger partial charge in [0.05, 0.1) is 21.3 Å². The van der Waals surface area contributed by atoms with Crippen LogP contribution in [-0.2, 0) is 4.84 Å². The maximum Gasteiger partial charge on any atom is 0.162 e. The first-order valence-corrected chi connectivity index (χ1v) is 11.6. The van der Waals surface area contributed by atoms with Gasteiger partial charge in [0.1, 0.15) is 10.3 Å². The molecule has 0 saturated heterocycles. The maximum atomic E-state index is 8.81. The number of fused-ring (bicyclic) bond motifs is 3. The summed E-state index contributed by atoms with van der Waals surface area (Å²) < 4.78 is 1.27. The molecule has 1 aliphatic carbocycles. The third kappa shape index (κ3) is 3.35. The summed E-state index contributed by atoms with van der Waals surface area (Å²) in [4.78, 5) is 15.4. The zero-order chi connectivity index (χ0) is 22.2. The zero-order valence-electron chi connectivity index (χ0n) is 17.6. The molecule has 6 nitrogen and oxygen atoms in total. The molecule has 0 spiro atoms. The molecule has 6 rings (SSSR count). The SMILES string of the molecule is [N-]=[N+]=NOC1c2ccccc2N(c2ccc(-c3nc4c(s3)=CCCC=4)cc2)c2ccccc21. The number of aromatic nitrogens is 1. The van der Waals surface area contributed by atoms with Crippen molar-refractivity contribution < 1.29 is 4.84 Å². The van der Waals surface area contributed by atoms with Gasteiger partial charge in [0.15, 0.2) is 6.10 Å². The Morgan fingerprint density at radius 1 is 0.909 bits per heavy atom. The third-order valence-corrected chi connectivity index (χ3v) is 7.11. The topological polar surface area (TPSA) is 74.1 Å². The Morgan fingerprint density at radius 2 is 1.58 bits per heavy atom. The van der Waals surface area contributed by atoms with Gasteiger partial charge < -0.3 is 9.74 Å². The Hall–Kier alpha value is -4.06. The molecule has 1 aromatic heterocycles. The predicted molar refractivity (Wildman–Crippen MR) is 132 cm³/mol. The van der Waals surface area contributed by atoms with Gasteiger partial charge >= 0.3 is 0 Å². The van der Waals surface area contributed by atoms with Crippen molar-refractivity contribution in [3.63, 3.8) is 0 Å². The van der Waals surface area contributed by atoms with Crippen LogP contribution >= 0.6 is 11.3 Å². The van der Waals surface area contributed by atoms with E-state index in [0.717, 1.165) is 57.0 Å². The van der Waals surface area contributed by atoms with Gasteiger partial charge in [-0.05, 0) is 54.8 Å². The molecule has 4 aromatic rings. The molecule has 2 heterocycles. The van der Waals surface area contributed by atoms with Gasteiger partial charge in [-0.3, -0.25) is 0 Å². The van der Waals surface area contributed by atoms with E-state index < -0.39 is 6.10 Å². The third-order valence-electron chi connectivity index (χ3n) is 6.00. The summed E-state index contributed by atoms with van der Waals surface area (Å²) >= 11 is 1.75. The minimum Gasteiger partial charge on any atom is -0.420 e. The number of anilines is 3. The largest absolute Gasteiger partial charge is 0.420 e. The number of hydrogen-bond donors (Lipinski definition) is 0. The summed E-state index contributed by atoms with van der Waals surface area (Å²) in [5.74, 6) is 0. The van der Waals surface area contributed by atoms with E-state index in [-0.39, 0.29) is 0 Å². The summed E-state index contributed by atoms with van der Waals surface area (Å²) in [7, 11) is 0. The Balaban J connectivity index is 1.45. The fraction of sp³-hybridized carbons (Fsp3) is 0.115. The number of benzene rings is 3. The summed E-state index contributed by atoms with van der Waals surface area (Å²) in [5.41, 5.74) is 14.9. The number of para-hydroxylation sites is 2. The highest BCUT2D eigenvalue weighted by molar-refractivity contribution is 7.13. The Kier molecular flexibility index (Phi) is 4.83. The van der Waals surface area contributed by atoms with Gasteiger partial charge in [-0.2, -0.15) is 0 Å². The van der Waals surface area contributed by atoms with Crippen molar-refractivity contribution in [2.75, 3.05) is 4.90 Å². The predicted octanol–water partition coefficient (Wildman–Crippen LogP) is 6.28. The fourth-order valence-electron chi connectivity index (χ4n) is 4.53. The highest BCUT2D eigenvalue weighted by Crippen LogP contribution is 2.49. The maximum absolute atomic E-state index is 8.81. The van der Waals surface area contributed by atoms with Crippen LogP contribution in [0.1, 0.15) is 30.1 Å². The number of nitrogens with zero attached hydrogens (tertiary/aromatic N) is 5. The van der Waals surface area contributed by atoms with Crippen LogP contribution in [-0.4, -0.2) is 4.98 Å². The molecule has 2 aliphatic rings. The first kappa shape index (κ1) is 19.6. The standard InChI is InChI=1S/C26H19N5OS/c27-29-30-32-25-19-7-1-4-10-22(19)31(23-11-5-2-8-20(23)25)18-15-13-17(14-16-18)26-28-21-9-3-6-12-24(21)33-26/h1-2,4-5,7-16,25H,3,6H2. The summed E-state index contributed by atoms with van der Waals surface area (Å²) in [6, 6.07) is 24.6. The van der Waals surface area contributed by atoms with E-state index >= 15 is 0 Å². The lowest BCUT2D eigenvalue weighted by molar-refractivity contribution is 0.0819. The van der Waals surface area contributed by atoms with Crippen molar-refractivity contribution in [3.05, 3.63) is 104 Å². The minimum atomic E-state index is -0.460. The molecular weight excluding hydrogens is 430 g/mol. The Morgan fingerprint density at radius 3 is 2.24 bits per heavy atom. The molecule has 0 amide bonds. The number of thiazole rings is 1. The average molecular weight is 450 g/mol. The number of azide groups is 1. The molecule has 0 saturated carbocycles. The van der Waals surface area contributed by atoms with Gasteiger partial charge in [0, 0.05) is 27.3 Å². The molecule has 0 bridgehead atoms. The molecule has 7 heteroatoms. The van der Waals surface area contributed by atoms with E-state index in [0.29, 0.717) is 0 Å². The molecule has 0 unspecified atom stereocenters. The minimum absolute atomic E-state index is 0.460. The lowest BCUT2D eigenvalue weighted by Crippen LogP contribution is -2.22. The second-order valence-electron chi connectivity index (χ2n) is 7.91. The van der Waals surface area contributed by atoms with Gasteiger partial charge in [-0.15, -0.1) is 11.3 Å². The molecule has 0 atom stereocenters. The normalized spacial score (nSPS) is 14.1. The quantitative estimate of drug-likeness (QED) is 0.159. The molecule has 1 aliphatic heterocycles. The highest BCUT2D eigenvalue weighted by atomic mass is 32.1. The molecule has 0 radical (unpaired) electrons. The van der Waals surface area contributed by atoms with E-state index in [1.54, 1.807) is 11.3 Å². The fourth-order valence-corrected chi connectivity index (χ4v) is 5.57. The molecule has 33 heavy (non-hydrogen) atoms. The van der Waals surface area contributed by atoms with Gasteiger partial charge in [-0.1, -0.05) is 48.6 Å². The van der Waals surface area contributed by atoms with Crippen molar-refractivity contribution in [2.24, 2.45) is 5.28 Å². The van der Waals surface area contributed by atoms with Crippen LogP contribution in [0.5, 0.6) is 0 Å². The van der Waals surface area contributed by atoms with E-state index in [4.69, 9.17) is 15.4 Å². The van der Waals surface area contributed by atoms with E-state index in [2.05, 4.69) is 63.6 Å². The van der Waals surface area contributed by atoms with Crippen molar-refractivity contribution in [1.29, 1.82) is 0 Å². The van der Waals surface area contributed by atoms with Crippen LogP contribution in [0.2, 0.25) is 0 Å². The van der Waals surface area contributed by atoms with Crippen LogP contribution < -0.4 is 14.8 Å². The van der Waals surface area contributed by atoms with Crippen molar-refractivity contribution in [2.45, 2.75) is 18.9 Å². The summed E-state index contributed by atoms with van der Waals surface area (Å²) in [6.07, 6.45) is 6.19. The molecule has 0 fully saturated rings. The lowest BCUT2D eigenvalue weighted by Gasteiger charge is -2.36. The molecule has 160 valence electrons. The van der Waals surface area contributed by atoms with E-state index in [1.165, 1.54) is 4.53 Å². The summed E-state index contributed by atoms with van der Waals surface area (Å²) in [6.45, 7) is 0. The second kappa shape index (κ2) is 8.13. The van der Waals surface area contributed by atoms with Gasteiger partial charge in [0.2, 0.25) is 0 Å². The second-order valence-corrected chi connectivity index (χ2v) is 8.94. The molecule has 3 aromatic carbocycles. The van der Waals surface area contributed by atoms with Crippen molar-refractivity contribution in [3.8, 4) is 10.6 Å². The Labute approximate surface area is 194 Å². The first-order valence-electron chi connectivity index (χ1n) is 10.8. The van der Waals surface area contributed by atoms with Crippen LogP contribution in [0, 0.1) is 0 Å². The van der Waals surface area contributed by atoms with E-state index in [9.17, 15) is 0 Å². The molecular formula is C26H19N5OS. The van der Waals surface area contributed by atoms with Crippen LogP contribution in [0.25, 0.3) is 33.2 Å². The smallest absolute Gasteiger partial charge is 0.162 e. The first-order chi connectivity index (χ1) is 16.3. The number of rotatable bonds is 4. The molecule has 0 N–H and O–H groups in total. The average Bonchev–Trinajstić information content (AvgIpc) is 3.31.